The zero-order chi connectivity index (χ0) is 26.2. The Morgan fingerprint density at radius 2 is 1.33 bits per heavy atom. The summed E-state index contributed by atoms with van der Waals surface area (Å²) in [5.41, 5.74) is 4.30. The second kappa shape index (κ2) is 17.0. The van der Waals surface area contributed by atoms with Crippen molar-refractivity contribution in [2.75, 3.05) is 11.9 Å². The molecule has 2 aromatic rings. The summed E-state index contributed by atoms with van der Waals surface area (Å²) in [5, 5.41) is 2.81. The summed E-state index contributed by atoms with van der Waals surface area (Å²) < 4.78 is 5.35. The van der Waals surface area contributed by atoms with Crippen LogP contribution < -0.4 is 5.32 Å². The van der Waals surface area contributed by atoms with Gasteiger partial charge in [0.15, 0.2) is 0 Å². The van der Waals surface area contributed by atoms with Gasteiger partial charge in [-0.15, -0.1) is 0 Å². The zero-order valence-electron chi connectivity index (χ0n) is 23.4. The molecule has 0 saturated carbocycles. The molecule has 1 amide bonds. The minimum absolute atomic E-state index is 0.310. The molecule has 0 saturated heterocycles. The fourth-order valence-corrected chi connectivity index (χ4v) is 4.60. The number of rotatable bonds is 16. The smallest absolute Gasteiger partial charge is 0.411 e. The van der Waals surface area contributed by atoms with Gasteiger partial charge in [-0.3, -0.25) is 5.32 Å². The average Bonchev–Trinajstić information content (AvgIpc) is 2.85. The summed E-state index contributed by atoms with van der Waals surface area (Å²) in [6.45, 7) is 11.9. The van der Waals surface area contributed by atoms with Crippen molar-refractivity contribution >= 4 is 11.8 Å². The molecule has 2 aromatic carbocycles. The van der Waals surface area contributed by atoms with Gasteiger partial charge in [-0.1, -0.05) is 121 Å². The van der Waals surface area contributed by atoms with Gasteiger partial charge >= 0.3 is 6.09 Å². The van der Waals surface area contributed by atoms with Crippen LogP contribution in [-0.2, 0) is 4.74 Å². The second-order valence-corrected chi connectivity index (χ2v) is 11.1. The number of hydrogen-bond acceptors (Lipinski definition) is 2. The average molecular weight is 492 g/mol. The molecule has 0 aromatic heterocycles. The van der Waals surface area contributed by atoms with E-state index in [2.05, 4.69) is 52.1 Å². The second-order valence-electron chi connectivity index (χ2n) is 11.1. The van der Waals surface area contributed by atoms with Gasteiger partial charge in [0, 0.05) is 5.69 Å². The Labute approximate surface area is 220 Å². The first kappa shape index (κ1) is 29.7. The van der Waals surface area contributed by atoms with Crippen molar-refractivity contribution in [3.8, 4) is 11.1 Å². The molecule has 1 N–H and O–H groups in total. The highest BCUT2D eigenvalue weighted by Gasteiger charge is 2.07. The maximum atomic E-state index is 12.1. The molecular formula is C33H49NO2. The molecule has 0 aliphatic carbocycles. The number of carbonyl (C=O) groups is 1. The Morgan fingerprint density at radius 1 is 0.778 bits per heavy atom. The fraction of sp³-hybridized carbons (Fsp3) is 0.545. The summed E-state index contributed by atoms with van der Waals surface area (Å²) in [6.07, 6.45) is 13.4. The van der Waals surface area contributed by atoms with Crippen molar-refractivity contribution in [2.45, 2.75) is 92.4 Å². The Hall–Kier alpha value is -2.55. The Morgan fingerprint density at radius 3 is 1.94 bits per heavy atom. The standard InChI is InChI=1S/C33H49NO2/c1-26(2)12-9-13-27(3)14-10-15-28(4)16-11-17-29(5)24-25-36-33(35)34-32-22-20-31(21-23-32)30-18-7-6-8-19-30/h6-8,18-24,26-28H,9-17,25H2,1-5H3,(H,34,35)/b29-24+/t27-,28-/m1/s1. The highest BCUT2D eigenvalue weighted by molar-refractivity contribution is 5.85. The van der Waals surface area contributed by atoms with Crippen molar-refractivity contribution in [3.05, 3.63) is 66.2 Å². The number of allylic oxidation sites excluding steroid dienone is 1. The molecule has 0 unspecified atom stereocenters. The lowest BCUT2D eigenvalue weighted by atomic mass is 9.91. The van der Waals surface area contributed by atoms with E-state index in [1.165, 1.54) is 56.9 Å². The van der Waals surface area contributed by atoms with Gasteiger partial charge in [-0.25, -0.2) is 4.79 Å². The van der Waals surface area contributed by atoms with Gasteiger partial charge in [0.1, 0.15) is 6.61 Å². The van der Waals surface area contributed by atoms with E-state index in [9.17, 15) is 4.79 Å². The first-order valence-corrected chi connectivity index (χ1v) is 14.1. The van der Waals surface area contributed by atoms with Crippen molar-refractivity contribution in [3.63, 3.8) is 0 Å². The van der Waals surface area contributed by atoms with Crippen molar-refractivity contribution in [1.29, 1.82) is 0 Å². The molecule has 3 nitrogen and oxygen atoms in total. The molecule has 2 rings (SSSR count). The number of carbonyl (C=O) groups excluding carboxylic acids is 1. The number of hydrogen-bond donors (Lipinski definition) is 1. The Balaban J connectivity index is 1.56. The molecular weight excluding hydrogens is 442 g/mol. The number of ether oxygens (including phenoxy) is 1. The van der Waals surface area contributed by atoms with Gasteiger partial charge in [0.25, 0.3) is 0 Å². The van der Waals surface area contributed by atoms with Crippen LogP contribution in [0, 0.1) is 17.8 Å². The summed E-state index contributed by atoms with van der Waals surface area (Å²) in [5.74, 6) is 2.49. The van der Waals surface area contributed by atoms with Crippen LogP contribution in [-0.4, -0.2) is 12.7 Å². The van der Waals surface area contributed by atoms with Crippen LogP contribution in [0.15, 0.2) is 66.2 Å². The van der Waals surface area contributed by atoms with Crippen molar-refractivity contribution in [2.24, 2.45) is 17.8 Å². The maximum absolute atomic E-state index is 12.1. The molecule has 3 heteroatoms. The lowest BCUT2D eigenvalue weighted by molar-refractivity contribution is 0.174. The van der Waals surface area contributed by atoms with E-state index in [0.717, 1.165) is 41.0 Å². The van der Waals surface area contributed by atoms with Crippen LogP contribution in [0.2, 0.25) is 0 Å². The number of amides is 1. The normalized spacial score (nSPS) is 13.4. The highest BCUT2D eigenvalue weighted by atomic mass is 16.5. The SMILES string of the molecule is C/C(=C\COC(=O)Nc1ccc(-c2ccccc2)cc1)CCC[C@H](C)CCC[C@H](C)CCCC(C)C. The monoisotopic (exact) mass is 491 g/mol. The predicted octanol–water partition coefficient (Wildman–Crippen LogP) is 10.3. The van der Waals surface area contributed by atoms with Gasteiger partial charge in [-0.05, 0) is 66.9 Å². The third kappa shape index (κ3) is 13.0. The van der Waals surface area contributed by atoms with E-state index >= 15 is 0 Å². The molecule has 198 valence electrons. The van der Waals surface area contributed by atoms with Crippen LogP contribution in [0.25, 0.3) is 11.1 Å². The third-order valence-corrected chi connectivity index (χ3v) is 7.02. The van der Waals surface area contributed by atoms with E-state index in [0.29, 0.717) is 6.61 Å². The molecule has 0 radical (unpaired) electrons. The van der Waals surface area contributed by atoms with E-state index in [-0.39, 0.29) is 0 Å². The topological polar surface area (TPSA) is 38.3 Å². The van der Waals surface area contributed by atoms with Crippen molar-refractivity contribution in [1.82, 2.24) is 0 Å². The van der Waals surface area contributed by atoms with Crippen LogP contribution in [0.3, 0.4) is 0 Å². The van der Waals surface area contributed by atoms with E-state index in [4.69, 9.17) is 4.74 Å². The summed E-state index contributed by atoms with van der Waals surface area (Å²) in [4.78, 5) is 12.1. The van der Waals surface area contributed by atoms with E-state index in [1.54, 1.807) is 0 Å². The summed E-state index contributed by atoms with van der Waals surface area (Å²) in [6, 6.07) is 18.0. The van der Waals surface area contributed by atoms with Crippen LogP contribution >= 0.6 is 0 Å². The maximum Gasteiger partial charge on any atom is 0.411 e. The molecule has 0 spiro atoms. The lowest BCUT2D eigenvalue weighted by Crippen LogP contribution is -2.13. The first-order valence-electron chi connectivity index (χ1n) is 14.1. The molecule has 0 heterocycles. The first-order chi connectivity index (χ1) is 17.3. The molecule has 0 fully saturated rings. The lowest BCUT2D eigenvalue weighted by Gasteiger charge is -2.15. The van der Waals surface area contributed by atoms with E-state index in [1.807, 2.05) is 48.5 Å². The Kier molecular flexibility index (Phi) is 14.0. The van der Waals surface area contributed by atoms with Crippen LogP contribution in [0.1, 0.15) is 92.4 Å². The molecule has 36 heavy (non-hydrogen) atoms. The third-order valence-electron chi connectivity index (χ3n) is 7.02. The summed E-state index contributed by atoms with van der Waals surface area (Å²) >= 11 is 0. The zero-order valence-corrected chi connectivity index (χ0v) is 23.4. The van der Waals surface area contributed by atoms with Crippen LogP contribution in [0.4, 0.5) is 10.5 Å². The number of benzene rings is 2. The fourth-order valence-electron chi connectivity index (χ4n) is 4.60. The molecule has 0 aliphatic heterocycles. The molecule has 2 atom stereocenters. The largest absolute Gasteiger partial charge is 0.445 e. The van der Waals surface area contributed by atoms with Gasteiger partial charge in [0.05, 0.1) is 0 Å². The molecule has 0 aliphatic rings. The van der Waals surface area contributed by atoms with Gasteiger partial charge in [0.2, 0.25) is 0 Å². The minimum atomic E-state index is -0.418. The quantitative estimate of drug-likeness (QED) is 0.237. The van der Waals surface area contributed by atoms with Crippen molar-refractivity contribution < 1.29 is 9.53 Å². The van der Waals surface area contributed by atoms with Crippen LogP contribution in [0.5, 0.6) is 0 Å². The number of anilines is 1. The summed E-state index contributed by atoms with van der Waals surface area (Å²) in [7, 11) is 0. The number of nitrogens with one attached hydrogen (secondary N) is 1. The van der Waals surface area contributed by atoms with Gasteiger partial charge in [-0.2, -0.15) is 0 Å². The highest BCUT2D eigenvalue weighted by Crippen LogP contribution is 2.23. The predicted molar refractivity (Wildman–Crippen MR) is 155 cm³/mol. The minimum Gasteiger partial charge on any atom is -0.445 e. The molecule has 0 bridgehead atoms. The Bertz CT molecular complexity index is 886. The van der Waals surface area contributed by atoms with E-state index < -0.39 is 6.09 Å². The van der Waals surface area contributed by atoms with Gasteiger partial charge < -0.3 is 4.74 Å².